The average Bonchev–Trinajstić information content (AvgIpc) is 3.01. The van der Waals surface area contributed by atoms with Crippen molar-refractivity contribution in [1.29, 1.82) is 0 Å². The molecule has 4 nitrogen and oxygen atoms in total. The summed E-state index contributed by atoms with van der Waals surface area (Å²) in [5.74, 6) is 0.163. The Balaban J connectivity index is 2.12. The van der Waals surface area contributed by atoms with E-state index in [0.717, 1.165) is 18.5 Å². The summed E-state index contributed by atoms with van der Waals surface area (Å²) in [5, 5.41) is 6.88. The molecule has 1 aromatic rings. The highest BCUT2D eigenvalue weighted by Gasteiger charge is 2.39. The molecule has 1 amide bonds. The quantitative estimate of drug-likeness (QED) is 0.761. The number of rotatable bonds is 6. The number of amides is 1. The third-order valence-corrected chi connectivity index (χ3v) is 4.99. The maximum absolute atomic E-state index is 13.3. The highest BCUT2D eigenvalue weighted by molar-refractivity contribution is 7.80. The van der Waals surface area contributed by atoms with Crippen LogP contribution in [-0.4, -0.2) is 42.1 Å². The van der Waals surface area contributed by atoms with Crippen LogP contribution >= 0.6 is 12.2 Å². The molecule has 138 valence electrons. The molecule has 0 bridgehead atoms. The van der Waals surface area contributed by atoms with Gasteiger partial charge in [0.25, 0.3) is 0 Å². The van der Waals surface area contributed by atoms with Gasteiger partial charge in [-0.3, -0.25) is 4.79 Å². The van der Waals surface area contributed by atoms with Crippen LogP contribution in [-0.2, 0) is 4.79 Å². The van der Waals surface area contributed by atoms with Crippen molar-refractivity contribution in [1.82, 2.24) is 15.5 Å². The zero-order chi connectivity index (χ0) is 18.4. The number of carbonyl (C=O) groups is 1. The van der Waals surface area contributed by atoms with Gasteiger partial charge in [0.05, 0.1) is 5.92 Å². The first kappa shape index (κ1) is 19.6. The number of hydrogen-bond donors (Lipinski definition) is 2. The number of likely N-dealkylation sites (tertiary alicyclic amines) is 1. The lowest BCUT2D eigenvalue weighted by Gasteiger charge is -2.19. The lowest BCUT2D eigenvalue weighted by Crippen LogP contribution is -2.40. The van der Waals surface area contributed by atoms with Crippen LogP contribution in [0.15, 0.2) is 24.3 Å². The maximum Gasteiger partial charge on any atom is 0.225 e. The molecule has 0 unspecified atom stereocenters. The summed E-state index contributed by atoms with van der Waals surface area (Å²) in [4.78, 5) is 14.8. The van der Waals surface area contributed by atoms with Crippen LogP contribution < -0.4 is 10.6 Å². The van der Waals surface area contributed by atoms with Gasteiger partial charge in [-0.1, -0.05) is 26.0 Å². The maximum atomic E-state index is 13.3. The lowest BCUT2D eigenvalue weighted by molar-refractivity contribution is -0.124. The van der Waals surface area contributed by atoms with Crippen molar-refractivity contribution < 1.29 is 9.18 Å². The predicted molar refractivity (Wildman–Crippen MR) is 103 cm³/mol. The van der Waals surface area contributed by atoms with Crippen molar-refractivity contribution >= 4 is 23.2 Å². The van der Waals surface area contributed by atoms with E-state index in [9.17, 15) is 9.18 Å². The van der Waals surface area contributed by atoms with Crippen molar-refractivity contribution in [3.8, 4) is 0 Å². The Morgan fingerprint density at radius 1 is 1.28 bits per heavy atom. The number of carbonyl (C=O) groups excluding carboxylic acids is 1. The molecule has 6 heteroatoms. The molecule has 0 spiro atoms. The van der Waals surface area contributed by atoms with Gasteiger partial charge in [-0.05, 0) is 49.2 Å². The summed E-state index contributed by atoms with van der Waals surface area (Å²) < 4.78 is 13.3. The van der Waals surface area contributed by atoms with Gasteiger partial charge in [0.1, 0.15) is 5.82 Å². The summed E-state index contributed by atoms with van der Waals surface area (Å²) in [6.45, 7) is 8.96. The molecule has 0 aromatic heterocycles. The summed E-state index contributed by atoms with van der Waals surface area (Å²) in [5.41, 5.74) is 0.979. The highest BCUT2D eigenvalue weighted by atomic mass is 32.1. The molecular weight excluding hydrogens is 337 g/mol. The summed E-state index contributed by atoms with van der Waals surface area (Å²) >= 11 is 5.42. The van der Waals surface area contributed by atoms with Crippen LogP contribution in [0.25, 0.3) is 0 Å². The fourth-order valence-electron chi connectivity index (χ4n) is 3.16. The van der Waals surface area contributed by atoms with E-state index in [4.69, 9.17) is 12.2 Å². The molecule has 1 aromatic carbocycles. The van der Waals surface area contributed by atoms with E-state index < -0.39 is 0 Å². The Morgan fingerprint density at radius 2 is 1.96 bits per heavy atom. The molecule has 0 aliphatic carbocycles. The van der Waals surface area contributed by atoms with Crippen LogP contribution in [0.3, 0.4) is 0 Å². The SMILES string of the molecule is CCNC(=S)N1C[C@H](C(=O)NCCC(C)C)[C@@H](c2ccc(F)cc2)C1. The second-order valence-corrected chi connectivity index (χ2v) is 7.37. The molecule has 2 atom stereocenters. The first-order valence-electron chi connectivity index (χ1n) is 8.98. The van der Waals surface area contributed by atoms with E-state index in [1.807, 2.05) is 11.8 Å². The number of nitrogens with one attached hydrogen (secondary N) is 2. The summed E-state index contributed by atoms with van der Waals surface area (Å²) in [6, 6.07) is 6.45. The molecule has 1 fully saturated rings. The Kier molecular flexibility index (Phi) is 7.17. The number of thiocarbonyl (C=S) groups is 1. The van der Waals surface area contributed by atoms with Crippen molar-refractivity contribution in [2.24, 2.45) is 11.8 Å². The van der Waals surface area contributed by atoms with E-state index in [0.29, 0.717) is 30.7 Å². The summed E-state index contributed by atoms with van der Waals surface area (Å²) in [6.07, 6.45) is 0.958. The standard InChI is InChI=1S/C19H28FN3OS/c1-4-21-19(25)23-11-16(14-5-7-15(20)8-6-14)17(12-23)18(24)22-10-9-13(2)3/h5-8,13,16-17H,4,9-12H2,1-3H3,(H,21,25)(H,22,24)/t16-,17+/m1/s1. The van der Waals surface area contributed by atoms with E-state index in [2.05, 4.69) is 24.5 Å². The molecule has 0 saturated carbocycles. The Hall–Kier alpha value is -1.69. The van der Waals surface area contributed by atoms with Gasteiger partial charge >= 0.3 is 0 Å². The van der Waals surface area contributed by atoms with Gasteiger partial charge < -0.3 is 15.5 Å². The molecule has 0 radical (unpaired) electrons. The van der Waals surface area contributed by atoms with Gasteiger partial charge in [-0.15, -0.1) is 0 Å². The van der Waals surface area contributed by atoms with E-state index in [1.54, 1.807) is 12.1 Å². The molecule has 2 N–H and O–H groups in total. The zero-order valence-electron chi connectivity index (χ0n) is 15.2. The van der Waals surface area contributed by atoms with Crippen molar-refractivity contribution in [3.05, 3.63) is 35.6 Å². The van der Waals surface area contributed by atoms with Gasteiger partial charge in [-0.2, -0.15) is 0 Å². The zero-order valence-corrected chi connectivity index (χ0v) is 16.0. The van der Waals surface area contributed by atoms with Crippen LogP contribution in [0, 0.1) is 17.7 Å². The first-order valence-corrected chi connectivity index (χ1v) is 9.39. The van der Waals surface area contributed by atoms with Crippen molar-refractivity contribution in [2.45, 2.75) is 33.1 Å². The molecular formula is C19H28FN3OS. The number of benzene rings is 1. The van der Waals surface area contributed by atoms with Gasteiger partial charge in [0, 0.05) is 32.1 Å². The van der Waals surface area contributed by atoms with Crippen molar-refractivity contribution in [2.75, 3.05) is 26.2 Å². The fraction of sp³-hybridized carbons (Fsp3) is 0.579. The second kappa shape index (κ2) is 9.13. The Bertz CT molecular complexity index is 591. The molecule has 2 rings (SSSR count). The Labute approximate surface area is 155 Å². The minimum absolute atomic E-state index is 0.0104. The summed E-state index contributed by atoms with van der Waals surface area (Å²) in [7, 11) is 0. The van der Waals surface area contributed by atoms with E-state index in [1.165, 1.54) is 12.1 Å². The lowest BCUT2D eigenvalue weighted by atomic mass is 9.88. The molecule has 1 heterocycles. The average molecular weight is 366 g/mol. The third kappa shape index (κ3) is 5.39. The van der Waals surface area contributed by atoms with Crippen LogP contribution in [0.5, 0.6) is 0 Å². The minimum Gasteiger partial charge on any atom is -0.363 e. The molecule has 25 heavy (non-hydrogen) atoms. The predicted octanol–water partition coefficient (Wildman–Crippen LogP) is 2.90. The molecule has 1 aliphatic heterocycles. The van der Waals surface area contributed by atoms with E-state index in [-0.39, 0.29) is 23.6 Å². The smallest absolute Gasteiger partial charge is 0.225 e. The molecule has 1 aliphatic rings. The monoisotopic (exact) mass is 365 g/mol. The van der Waals surface area contributed by atoms with Crippen molar-refractivity contribution in [3.63, 3.8) is 0 Å². The van der Waals surface area contributed by atoms with Crippen LogP contribution in [0.4, 0.5) is 4.39 Å². The Morgan fingerprint density at radius 3 is 2.56 bits per heavy atom. The van der Waals surface area contributed by atoms with Gasteiger partial charge in [0.2, 0.25) is 5.91 Å². The van der Waals surface area contributed by atoms with E-state index >= 15 is 0 Å². The normalized spacial score (nSPS) is 20.0. The number of nitrogens with zero attached hydrogens (tertiary/aromatic N) is 1. The van der Waals surface area contributed by atoms with Gasteiger partial charge in [0.15, 0.2) is 5.11 Å². The number of hydrogen-bond acceptors (Lipinski definition) is 2. The minimum atomic E-state index is -0.264. The third-order valence-electron chi connectivity index (χ3n) is 4.59. The largest absolute Gasteiger partial charge is 0.363 e. The first-order chi connectivity index (χ1) is 11.9. The molecule has 1 saturated heterocycles. The second-order valence-electron chi connectivity index (χ2n) is 6.98. The topological polar surface area (TPSA) is 44.4 Å². The van der Waals surface area contributed by atoms with Gasteiger partial charge in [-0.25, -0.2) is 4.39 Å². The fourth-order valence-corrected chi connectivity index (χ4v) is 3.45. The number of halogens is 1. The van der Waals surface area contributed by atoms with Crippen LogP contribution in [0.2, 0.25) is 0 Å². The highest BCUT2D eigenvalue weighted by Crippen LogP contribution is 2.33. The van der Waals surface area contributed by atoms with Crippen LogP contribution in [0.1, 0.15) is 38.7 Å².